The molecule has 9 nitrogen and oxygen atoms in total. The smallest absolute Gasteiger partial charge is 0.324 e. The van der Waals surface area contributed by atoms with Crippen LogP contribution in [0.2, 0.25) is 0 Å². The first-order chi connectivity index (χ1) is 19.6. The summed E-state index contributed by atoms with van der Waals surface area (Å²) >= 11 is 0. The fraction of sp³-hybridized carbons (Fsp3) is 0.226. The molecule has 1 amide bonds. The van der Waals surface area contributed by atoms with E-state index in [1.807, 2.05) is 0 Å². The Labute approximate surface area is 238 Å². The molecule has 0 fully saturated rings. The maximum Gasteiger partial charge on any atom is 0.324 e. The molecule has 0 aliphatic carbocycles. The zero-order chi connectivity index (χ0) is 29.7. The number of aliphatic hydroxyl groups is 1. The van der Waals surface area contributed by atoms with Gasteiger partial charge in [-0.05, 0) is 60.4 Å². The van der Waals surface area contributed by atoms with Crippen LogP contribution in [0.3, 0.4) is 0 Å². The molecule has 1 atom stereocenters. The predicted molar refractivity (Wildman–Crippen MR) is 156 cm³/mol. The summed E-state index contributed by atoms with van der Waals surface area (Å²) in [6, 6.07) is 17.7. The summed E-state index contributed by atoms with van der Waals surface area (Å²) in [5.74, 6) is 4.31. The number of rotatable bonds is 8. The third kappa shape index (κ3) is 6.49. The van der Waals surface area contributed by atoms with Gasteiger partial charge < -0.3 is 19.6 Å². The predicted octanol–water partition coefficient (Wildman–Crippen LogP) is 4.48. The molecule has 212 valence electrons. The van der Waals surface area contributed by atoms with Gasteiger partial charge in [0.15, 0.2) is 5.76 Å². The maximum absolute atomic E-state index is 13.0. The largest absolute Gasteiger partial charge is 0.468 e. The average Bonchev–Trinajstić information content (AvgIpc) is 3.31. The number of fused-ring (bicyclic) bond motifs is 1. The number of sulfonamides is 1. The quantitative estimate of drug-likeness (QED) is 0.209. The molecule has 0 saturated heterocycles. The Balaban J connectivity index is 1.49. The van der Waals surface area contributed by atoms with Crippen molar-refractivity contribution in [2.45, 2.75) is 31.7 Å². The maximum atomic E-state index is 13.0. The number of methoxy groups -OCH3 is 1. The molecule has 3 N–H and O–H groups in total. The summed E-state index contributed by atoms with van der Waals surface area (Å²) in [4.78, 5) is 25.0. The Morgan fingerprint density at radius 1 is 1.00 bits per heavy atom. The Bertz CT molecular complexity index is 1740. The van der Waals surface area contributed by atoms with E-state index < -0.39 is 27.9 Å². The lowest BCUT2D eigenvalue weighted by molar-refractivity contribution is -0.143. The first-order valence-electron chi connectivity index (χ1n) is 12.8. The first-order valence-corrected chi connectivity index (χ1v) is 14.3. The van der Waals surface area contributed by atoms with E-state index in [9.17, 15) is 18.0 Å². The minimum atomic E-state index is -3.95. The normalized spacial score (nSPS) is 12.0. The summed E-state index contributed by atoms with van der Waals surface area (Å²) in [7, 11) is -2.74. The Morgan fingerprint density at radius 2 is 1.63 bits per heavy atom. The van der Waals surface area contributed by atoms with Gasteiger partial charge in [0.2, 0.25) is 10.0 Å². The molecule has 3 aromatic carbocycles. The fourth-order valence-corrected chi connectivity index (χ4v) is 5.67. The van der Waals surface area contributed by atoms with Gasteiger partial charge in [-0.1, -0.05) is 56.0 Å². The number of hydrogen-bond acceptors (Lipinski definition) is 7. The van der Waals surface area contributed by atoms with Crippen LogP contribution in [0, 0.1) is 24.7 Å². The van der Waals surface area contributed by atoms with E-state index in [4.69, 9.17) is 14.3 Å². The lowest BCUT2D eigenvalue weighted by Crippen LogP contribution is -2.44. The van der Waals surface area contributed by atoms with Gasteiger partial charge in [-0.25, -0.2) is 8.42 Å². The molecule has 0 saturated carbocycles. The number of carbonyl (C=O) groups excluding carboxylic acids is 2. The number of amides is 1. The summed E-state index contributed by atoms with van der Waals surface area (Å²) in [6.07, 6.45) is 0. The second-order valence-corrected chi connectivity index (χ2v) is 11.3. The molecule has 1 aromatic heterocycles. The van der Waals surface area contributed by atoms with Crippen molar-refractivity contribution in [3.05, 3.63) is 83.6 Å². The van der Waals surface area contributed by atoms with Crippen molar-refractivity contribution in [1.29, 1.82) is 0 Å². The van der Waals surface area contributed by atoms with Crippen LogP contribution in [-0.4, -0.2) is 45.2 Å². The number of furan rings is 1. The van der Waals surface area contributed by atoms with Gasteiger partial charge in [-0.3, -0.25) is 9.59 Å². The van der Waals surface area contributed by atoms with Crippen LogP contribution in [0.1, 0.15) is 35.5 Å². The van der Waals surface area contributed by atoms with Gasteiger partial charge in [0, 0.05) is 22.2 Å². The molecule has 0 aliphatic rings. The van der Waals surface area contributed by atoms with Crippen LogP contribution in [0.15, 0.2) is 76.0 Å². The number of ether oxygens (including phenoxy) is 1. The number of aliphatic hydroxyl groups excluding tert-OH is 1. The van der Waals surface area contributed by atoms with Crippen LogP contribution < -0.4 is 10.0 Å². The standard InChI is InChI=1S/C31H30N2O7S/c1-19(2)28(31(36)39-4)33-41(37,38)25-16-12-22(13-17-25)21-10-14-24(15-11-21)32-30(35)29-20(3)27-23(8-6-18-34)7-5-9-26(27)40-29/h5,7,9-17,19,28,33-34H,18H2,1-4H3,(H,32,35). The Morgan fingerprint density at radius 3 is 2.22 bits per heavy atom. The lowest BCUT2D eigenvalue weighted by atomic mass is 10.0. The number of benzene rings is 3. The monoisotopic (exact) mass is 574 g/mol. The molecule has 10 heteroatoms. The van der Waals surface area contributed by atoms with E-state index in [-0.39, 0.29) is 23.2 Å². The van der Waals surface area contributed by atoms with Crippen LogP contribution in [0.25, 0.3) is 22.1 Å². The SMILES string of the molecule is COC(=O)C(NS(=O)(=O)c1ccc(-c2ccc(NC(=O)c3oc4cccc(C#CCO)c4c3C)cc2)cc1)C(C)C. The molecular formula is C31H30N2O7S. The van der Waals surface area contributed by atoms with E-state index in [2.05, 4.69) is 21.9 Å². The third-order valence-corrected chi connectivity index (χ3v) is 7.96. The number of aryl methyl sites for hydroxylation is 1. The van der Waals surface area contributed by atoms with Gasteiger partial charge >= 0.3 is 5.97 Å². The number of hydrogen-bond donors (Lipinski definition) is 3. The van der Waals surface area contributed by atoms with Gasteiger partial charge in [-0.2, -0.15) is 4.72 Å². The molecule has 0 bridgehead atoms. The van der Waals surface area contributed by atoms with Gasteiger partial charge in [0.25, 0.3) is 5.91 Å². The highest BCUT2D eigenvalue weighted by molar-refractivity contribution is 7.89. The topological polar surface area (TPSA) is 135 Å². The van der Waals surface area contributed by atoms with E-state index >= 15 is 0 Å². The molecule has 0 radical (unpaired) electrons. The zero-order valence-electron chi connectivity index (χ0n) is 23.0. The number of carbonyl (C=O) groups is 2. The van der Waals surface area contributed by atoms with Gasteiger partial charge in [-0.15, -0.1) is 0 Å². The average molecular weight is 575 g/mol. The molecule has 41 heavy (non-hydrogen) atoms. The van der Waals surface area contributed by atoms with Crippen molar-refractivity contribution < 1.29 is 32.3 Å². The number of nitrogens with one attached hydrogen (secondary N) is 2. The molecule has 4 rings (SSSR count). The summed E-state index contributed by atoms with van der Waals surface area (Å²) in [5.41, 5.74) is 3.96. The minimum absolute atomic E-state index is 0.0198. The van der Waals surface area contributed by atoms with Crippen molar-refractivity contribution in [2.24, 2.45) is 5.92 Å². The van der Waals surface area contributed by atoms with Crippen LogP contribution in [-0.2, 0) is 19.6 Å². The van der Waals surface area contributed by atoms with Crippen molar-refractivity contribution in [2.75, 3.05) is 19.0 Å². The second kappa shape index (κ2) is 12.4. The molecule has 0 aliphatic heterocycles. The summed E-state index contributed by atoms with van der Waals surface area (Å²) < 4.78 is 38.6. The molecule has 1 heterocycles. The molecular weight excluding hydrogens is 544 g/mol. The van der Waals surface area contributed by atoms with Crippen LogP contribution >= 0.6 is 0 Å². The molecule has 4 aromatic rings. The van der Waals surface area contributed by atoms with Crippen molar-refractivity contribution in [3.8, 4) is 23.0 Å². The number of anilines is 1. The van der Waals surface area contributed by atoms with Gasteiger partial charge in [0.05, 0.1) is 12.0 Å². The molecule has 1 unspecified atom stereocenters. The summed E-state index contributed by atoms with van der Waals surface area (Å²) in [5, 5.41) is 12.6. The van der Waals surface area contributed by atoms with Crippen LogP contribution in [0.5, 0.6) is 0 Å². The second-order valence-electron chi connectivity index (χ2n) is 9.62. The highest BCUT2D eigenvalue weighted by atomic mass is 32.2. The highest BCUT2D eigenvalue weighted by Crippen LogP contribution is 2.29. The van der Waals surface area contributed by atoms with E-state index in [0.29, 0.717) is 22.4 Å². The third-order valence-electron chi connectivity index (χ3n) is 6.51. The van der Waals surface area contributed by atoms with E-state index in [0.717, 1.165) is 16.5 Å². The number of esters is 1. The van der Waals surface area contributed by atoms with E-state index in [1.165, 1.54) is 19.2 Å². The zero-order valence-corrected chi connectivity index (χ0v) is 23.8. The van der Waals surface area contributed by atoms with Crippen molar-refractivity contribution in [1.82, 2.24) is 4.72 Å². The lowest BCUT2D eigenvalue weighted by Gasteiger charge is -2.19. The van der Waals surface area contributed by atoms with Crippen LogP contribution in [0.4, 0.5) is 5.69 Å². The minimum Gasteiger partial charge on any atom is -0.468 e. The van der Waals surface area contributed by atoms with Crippen molar-refractivity contribution in [3.63, 3.8) is 0 Å². The van der Waals surface area contributed by atoms with Crippen molar-refractivity contribution >= 4 is 38.6 Å². The van der Waals surface area contributed by atoms with Gasteiger partial charge in [0.1, 0.15) is 18.2 Å². The first kappa shape index (κ1) is 29.6. The Kier molecular flexibility index (Phi) is 8.93. The summed E-state index contributed by atoms with van der Waals surface area (Å²) in [6.45, 7) is 4.96. The molecule has 0 spiro atoms. The van der Waals surface area contributed by atoms with E-state index in [1.54, 1.807) is 75.4 Å². The Hall–Kier alpha value is -4.43. The fourth-order valence-electron chi connectivity index (χ4n) is 4.34. The highest BCUT2D eigenvalue weighted by Gasteiger charge is 2.29.